The topological polar surface area (TPSA) is 67.4 Å². The fourth-order valence-electron chi connectivity index (χ4n) is 1.87. The van der Waals surface area contributed by atoms with Gasteiger partial charge in [-0.2, -0.15) is 0 Å². The lowest BCUT2D eigenvalue weighted by Crippen LogP contribution is -2.30. The maximum atomic E-state index is 12.1. The summed E-state index contributed by atoms with van der Waals surface area (Å²) < 4.78 is 5.61. The van der Waals surface area contributed by atoms with Gasteiger partial charge < -0.3 is 15.4 Å². The summed E-state index contributed by atoms with van der Waals surface area (Å²) in [6, 6.07) is 16.1. The highest BCUT2D eigenvalue weighted by atomic mass is 16.5. The highest BCUT2D eigenvalue weighted by Crippen LogP contribution is 2.19. The molecule has 0 saturated carbocycles. The third-order valence-electron chi connectivity index (χ3n) is 2.88. The Morgan fingerprint density at radius 3 is 2.32 bits per heavy atom. The van der Waals surface area contributed by atoms with E-state index < -0.39 is 6.10 Å². The Kier molecular flexibility index (Phi) is 5.14. The smallest absolute Gasteiger partial charge is 0.265 e. The molecule has 0 bridgehead atoms. The van der Waals surface area contributed by atoms with E-state index in [9.17, 15) is 9.59 Å². The number of rotatable bonds is 5. The first-order valence-electron chi connectivity index (χ1n) is 6.95. The molecule has 0 aliphatic rings. The van der Waals surface area contributed by atoms with Gasteiger partial charge in [-0.25, -0.2) is 0 Å². The van der Waals surface area contributed by atoms with E-state index in [-0.39, 0.29) is 11.8 Å². The number of carbonyl (C=O) groups excluding carboxylic acids is 2. The van der Waals surface area contributed by atoms with Crippen LogP contribution < -0.4 is 15.4 Å². The minimum atomic E-state index is -0.659. The molecule has 5 nitrogen and oxygen atoms in total. The largest absolute Gasteiger partial charge is 0.481 e. The third kappa shape index (κ3) is 4.63. The molecule has 5 heteroatoms. The summed E-state index contributed by atoms with van der Waals surface area (Å²) in [7, 11) is 0. The van der Waals surface area contributed by atoms with Crippen LogP contribution in [-0.2, 0) is 9.59 Å². The van der Waals surface area contributed by atoms with Crippen LogP contribution in [0.15, 0.2) is 54.6 Å². The monoisotopic (exact) mass is 298 g/mol. The fourth-order valence-corrected chi connectivity index (χ4v) is 1.87. The van der Waals surface area contributed by atoms with Gasteiger partial charge in [-0.1, -0.05) is 24.3 Å². The van der Waals surface area contributed by atoms with Gasteiger partial charge in [0.2, 0.25) is 5.91 Å². The second-order valence-corrected chi connectivity index (χ2v) is 4.82. The van der Waals surface area contributed by atoms with Crippen LogP contribution in [0.5, 0.6) is 5.75 Å². The van der Waals surface area contributed by atoms with E-state index in [1.165, 1.54) is 6.92 Å². The van der Waals surface area contributed by atoms with Crippen LogP contribution in [0.3, 0.4) is 0 Å². The Hall–Kier alpha value is -2.82. The SMILES string of the molecule is CC(=O)Nc1cccc(O[C@H](C)C(=O)Nc2ccccc2)c1. The molecule has 0 aliphatic heterocycles. The molecular weight excluding hydrogens is 280 g/mol. The molecule has 0 fully saturated rings. The van der Waals surface area contributed by atoms with Crippen molar-refractivity contribution >= 4 is 23.2 Å². The zero-order valence-corrected chi connectivity index (χ0v) is 12.5. The molecule has 2 aromatic rings. The van der Waals surface area contributed by atoms with E-state index in [4.69, 9.17) is 4.74 Å². The molecule has 0 radical (unpaired) electrons. The van der Waals surface area contributed by atoms with Crippen molar-refractivity contribution in [2.45, 2.75) is 20.0 Å². The predicted octanol–water partition coefficient (Wildman–Crippen LogP) is 3.05. The highest BCUT2D eigenvalue weighted by molar-refractivity contribution is 5.94. The van der Waals surface area contributed by atoms with Crippen LogP contribution in [-0.4, -0.2) is 17.9 Å². The van der Waals surface area contributed by atoms with Gasteiger partial charge in [0, 0.05) is 24.4 Å². The van der Waals surface area contributed by atoms with E-state index in [1.54, 1.807) is 31.2 Å². The standard InChI is InChI=1S/C17H18N2O3/c1-12(17(21)19-14-7-4-3-5-8-14)22-16-10-6-9-15(11-16)18-13(2)20/h3-12H,1-2H3,(H,18,20)(H,19,21)/t12-/m1/s1. The number of hydrogen-bond donors (Lipinski definition) is 2. The summed E-state index contributed by atoms with van der Waals surface area (Å²) >= 11 is 0. The average molecular weight is 298 g/mol. The van der Waals surface area contributed by atoms with Gasteiger partial charge in [-0.05, 0) is 31.2 Å². The fraction of sp³-hybridized carbons (Fsp3) is 0.176. The summed E-state index contributed by atoms with van der Waals surface area (Å²) in [6.07, 6.45) is -0.659. The normalized spacial score (nSPS) is 11.4. The summed E-state index contributed by atoms with van der Waals surface area (Å²) in [5.41, 5.74) is 1.34. The summed E-state index contributed by atoms with van der Waals surface area (Å²) in [5, 5.41) is 5.44. The predicted molar refractivity (Wildman–Crippen MR) is 85.9 cm³/mol. The van der Waals surface area contributed by atoms with Crippen LogP contribution >= 0.6 is 0 Å². The number of anilines is 2. The third-order valence-corrected chi connectivity index (χ3v) is 2.88. The summed E-state index contributed by atoms with van der Waals surface area (Å²) in [6.45, 7) is 3.10. The lowest BCUT2D eigenvalue weighted by molar-refractivity contribution is -0.122. The molecule has 0 unspecified atom stereocenters. The minimum Gasteiger partial charge on any atom is -0.481 e. The van der Waals surface area contributed by atoms with Gasteiger partial charge >= 0.3 is 0 Å². The first-order chi connectivity index (χ1) is 10.5. The van der Waals surface area contributed by atoms with Gasteiger partial charge in [-0.15, -0.1) is 0 Å². The van der Waals surface area contributed by atoms with Crippen molar-refractivity contribution in [1.82, 2.24) is 0 Å². The number of amides is 2. The van der Waals surface area contributed by atoms with Gasteiger partial charge in [0.1, 0.15) is 5.75 Å². The quantitative estimate of drug-likeness (QED) is 0.891. The first kappa shape index (κ1) is 15.6. The van der Waals surface area contributed by atoms with Crippen LogP contribution in [0.4, 0.5) is 11.4 Å². The van der Waals surface area contributed by atoms with E-state index in [2.05, 4.69) is 10.6 Å². The number of nitrogens with one attached hydrogen (secondary N) is 2. The van der Waals surface area contributed by atoms with E-state index >= 15 is 0 Å². The zero-order chi connectivity index (χ0) is 15.9. The molecule has 0 heterocycles. The Morgan fingerprint density at radius 1 is 0.955 bits per heavy atom. The molecule has 0 spiro atoms. The van der Waals surface area contributed by atoms with Gasteiger partial charge in [-0.3, -0.25) is 9.59 Å². The molecule has 0 aromatic heterocycles. The minimum absolute atomic E-state index is 0.160. The van der Waals surface area contributed by atoms with Crippen molar-refractivity contribution in [3.63, 3.8) is 0 Å². The van der Waals surface area contributed by atoms with Gasteiger partial charge in [0.05, 0.1) is 0 Å². The van der Waals surface area contributed by atoms with E-state index in [1.807, 2.05) is 30.3 Å². The Labute approximate surface area is 129 Å². The summed E-state index contributed by atoms with van der Waals surface area (Å²) in [4.78, 5) is 23.1. The molecule has 1 atom stereocenters. The molecule has 2 aromatic carbocycles. The lowest BCUT2D eigenvalue weighted by atomic mass is 10.2. The van der Waals surface area contributed by atoms with Crippen LogP contribution in [0.1, 0.15) is 13.8 Å². The molecule has 2 rings (SSSR count). The molecule has 114 valence electrons. The van der Waals surface area contributed by atoms with Crippen molar-refractivity contribution in [2.24, 2.45) is 0 Å². The number of benzene rings is 2. The second kappa shape index (κ2) is 7.26. The molecule has 2 N–H and O–H groups in total. The van der Waals surface area contributed by atoms with Gasteiger partial charge in [0.25, 0.3) is 5.91 Å². The number of hydrogen-bond acceptors (Lipinski definition) is 3. The highest BCUT2D eigenvalue weighted by Gasteiger charge is 2.15. The number of ether oxygens (including phenoxy) is 1. The van der Waals surface area contributed by atoms with Crippen LogP contribution in [0.2, 0.25) is 0 Å². The zero-order valence-electron chi connectivity index (χ0n) is 12.5. The van der Waals surface area contributed by atoms with Crippen LogP contribution in [0, 0.1) is 0 Å². The first-order valence-corrected chi connectivity index (χ1v) is 6.95. The van der Waals surface area contributed by atoms with Crippen molar-refractivity contribution in [2.75, 3.05) is 10.6 Å². The number of para-hydroxylation sites is 1. The van der Waals surface area contributed by atoms with E-state index in [0.29, 0.717) is 11.4 Å². The van der Waals surface area contributed by atoms with Crippen molar-refractivity contribution in [3.05, 3.63) is 54.6 Å². The maximum Gasteiger partial charge on any atom is 0.265 e. The maximum absolute atomic E-state index is 12.1. The van der Waals surface area contributed by atoms with Crippen molar-refractivity contribution in [1.29, 1.82) is 0 Å². The molecule has 0 saturated heterocycles. The Balaban J connectivity index is 1.97. The average Bonchev–Trinajstić information content (AvgIpc) is 2.48. The molecule has 2 amide bonds. The number of carbonyl (C=O) groups is 2. The van der Waals surface area contributed by atoms with E-state index in [0.717, 1.165) is 5.69 Å². The second-order valence-electron chi connectivity index (χ2n) is 4.82. The Morgan fingerprint density at radius 2 is 1.64 bits per heavy atom. The van der Waals surface area contributed by atoms with Crippen LogP contribution in [0.25, 0.3) is 0 Å². The summed E-state index contributed by atoms with van der Waals surface area (Å²) in [5.74, 6) is 0.116. The van der Waals surface area contributed by atoms with Gasteiger partial charge in [0.15, 0.2) is 6.10 Å². The Bertz CT molecular complexity index is 656. The lowest BCUT2D eigenvalue weighted by Gasteiger charge is -2.15. The van der Waals surface area contributed by atoms with Crippen molar-refractivity contribution in [3.8, 4) is 5.75 Å². The molecule has 22 heavy (non-hydrogen) atoms. The molecule has 0 aliphatic carbocycles. The molecular formula is C17H18N2O3. The van der Waals surface area contributed by atoms with Crippen molar-refractivity contribution < 1.29 is 14.3 Å².